The Morgan fingerprint density at radius 3 is 2.33 bits per heavy atom. The van der Waals surface area contributed by atoms with Crippen molar-refractivity contribution in [3.8, 4) is 10.6 Å². The molecule has 0 saturated heterocycles. The molecule has 3 heterocycles. The molecule has 1 aliphatic carbocycles. The lowest BCUT2D eigenvalue weighted by atomic mass is 10.1. The maximum atomic E-state index is 11.2. The number of hydrogen-bond acceptors (Lipinski definition) is 9. The lowest BCUT2D eigenvalue weighted by Gasteiger charge is -2.19. The Kier molecular flexibility index (Phi) is 13.2. The van der Waals surface area contributed by atoms with Gasteiger partial charge in [0, 0.05) is 36.0 Å². The van der Waals surface area contributed by atoms with Crippen molar-refractivity contribution in [2.24, 2.45) is 5.92 Å². The first-order chi connectivity index (χ1) is 21.5. The minimum Gasteiger partial charge on any atom is -0.390 e. The number of aliphatic hydroxyl groups excluding tert-OH is 2. The zero-order valence-electron chi connectivity index (χ0n) is 25.3. The van der Waals surface area contributed by atoms with Gasteiger partial charge in [-0.3, -0.25) is 0 Å². The first kappa shape index (κ1) is 36.0. The highest BCUT2D eigenvalue weighted by Gasteiger charge is 2.43. The van der Waals surface area contributed by atoms with Crippen LogP contribution in [0.4, 0.5) is 5.82 Å². The normalized spacial score (nSPS) is 19.2. The van der Waals surface area contributed by atoms with E-state index in [0.29, 0.717) is 24.0 Å². The van der Waals surface area contributed by atoms with Crippen molar-refractivity contribution >= 4 is 64.6 Å². The molecule has 13 heteroatoms. The first-order valence-electron chi connectivity index (χ1n) is 15.1. The van der Waals surface area contributed by atoms with Gasteiger partial charge in [-0.05, 0) is 61.6 Å². The van der Waals surface area contributed by atoms with Crippen LogP contribution >= 0.6 is 47.8 Å². The minimum atomic E-state index is -0.968. The lowest BCUT2D eigenvalue weighted by molar-refractivity contribution is 0.00695. The van der Waals surface area contributed by atoms with Gasteiger partial charge in [0.25, 0.3) is 0 Å². The predicted molar refractivity (Wildman–Crippen MR) is 191 cm³/mol. The summed E-state index contributed by atoms with van der Waals surface area (Å²) in [5, 5.41) is 32.7. The van der Waals surface area contributed by atoms with Gasteiger partial charge in [-0.15, -0.1) is 36.2 Å². The first-order valence-corrected chi connectivity index (χ1v) is 16.4. The zero-order chi connectivity index (χ0) is 30.5. The van der Waals surface area contributed by atoms with E-state index in [1.54, 1.807) is 0 Å². The van der Waals surface area contributed by atoms with Crippen molar-refractivity contribution in [3.63, 3.8) is 0 Å². The molecule has 0 spiro atoms. The maximum Gasteiger partial charge on any atom is 0.226 e. The molecular formula is C33H40Cl3N7O2S. The topological polar surface area (TPSA) is 134 Å². The zero-order valence-corrected chi connectivity index (χ0v) is 28.5. The standard InChI is InChI=1S/C33H38ClN7O2S.2ClH/c34-33-39-30(35)27-25(32-38-24(20-44-32)16-22-10-5-2-6-11-22)19-41(31(27)40-33)26-17-23(28(42)29(26)43)18-37-14-7-13-36-15-12-21-8-3-1-4-9-21;;/h1-6,8-11,19-20,23,26,28-29,36-37,42-43H,7,12-18H2,(H2,35,39,40);2*1H/t23-,26-,28-,29+;;/m1../s1. The quantitative estimate of drug-likeness (QED) is 0.0822. The van der Waals surface area contributed by atoms with Crippen LogP contribution in [0, 0.1) is 5.92 Å². The van der Waals surface area contributed by atoms with Gasteiger partial charge < -0.3 is 31.1 Å². The lowest BCUT2D eigenvalue weighted by Crippen LogP contribution is -2.34. The van der Waals surface area contributed by atoms with Crippen molar-refractivity contribution in [3.05, 3.63) is 94.3 Å². The molecule has 0 aliphatic heterocycles. The van der Waals surface area contributed by atoms with E-state index in [-0.39, 0.29) is 41.8 Å². The minimum absolute atomic E-state index is 0. The van der Waals surface area contributed by atoms with E-state index in [9.17, 15) is 10.2 Å². The maximum absolute atomic E-state index is 11.2. The summed E-state index contributed by atoms with van der Waals surface area (Å²) in [7, 11) is 0. The van der Waals surface area contributed by atoms with Gasteiger partial charge >= 0.3 is 0 Å². The third-order valence-corrected chi connectivity index (χ3v) is 9.45. The van der Waals surface area contributed by atoms with Crippen molar-refractivity contribution in [2.75, 3.05) is 31.9 Å². The van der Waals surface area contributed by atoms with Gasteiger partial charge in [0.15, 0.2) is 0 Å². The SMILES string of the molecule is Cl.Cl.Nc1nc(Cl)nc2c1c(-c1nc(Cc3ccccc3)cs1)cn2[C@@H]1C[C@H](CNCCCNCCc2ccccc2)[C@@H](O)[C@H]1O. The number of nitrogens with two attached hydrogens (primary N) is 1. The van der Waals surface area contributed by atoms with Crippen LogP contribution in [0.15, 0.2) is 72.2 Å². The molecule has 46 heavy (non-hydrogen) atoms. The second-order valence-corrected chi connectivity index (χ2v) is 12.6. The molecule has 6 rings (SSSR count). The number of benzene rings is 2. The smallest absolute Gasteiger partial charge is 0.226 e. The third kappa shape index (κ3) is 8.37. The summed E-state index contributed by atoms with van der Waals surface area (Å²) in [6.07, 6.45) is 3.37. The van der Waals surface area contributed by atoms with Crippen LogP contribution in [0.5, 0.6) is 0 Å². The van der Waals surface area contributed by atoms with E-state index in [1.165, 1.54) is 22.5 Å². The van der Waals surface area contributed by atoms with Crippen LogP contribution in [0.1, 0.15) is 35.7 Å². The van der Waals surface area contributed by atoms with Crippen LogP contribution in [-0.2, 0) is 12.8 Å². The Morgan fingerprint density at radius 1 is 0.891 bits per heavy atom. The monoisotopic (exact) mass is 703 g/mol. The molecular weight excluding hydrogens is 665 g/mol. The summed E-state index contributed by atoms with van der Waals surface area (Å²) in [6.45, 7) is 3.30. The van der Waals surface area contributed by atoms with Crippen LogP contribution in [0.2, 0.25) is 5.28 Å². The van der Waals surface area contributed by atoms with Crippen molar-refractivity contribution < 1.29 is 10.2 Å². The molecule has 9 nitrogen and oxygen atoms in total. The average Bonchev–Trinajstić information content (AvgIpc) is 3.72. The number of fused-ring (bicyclic) bond motifs is 1. The fraction of sp³-hybridized carbons (Fsp3) is 0.364. The number of nitrogens with zero attached hydrogens (tertiary/aromatic N) is 4. The van der Waals surface area contributed by atoms with Gasteiger partial charge in [-0.25, -0.2) is 9.97 Å². The number of aliphatic hydroxyl groups is 2. The molecule has 1 saturated carbocycles. The van der Waals surface area contributed by atoms with Gasteiger partial charge in [0.05, 0.1) is 23.2 Å². The predicted octanol–water partition coefficient (Wildman–Crippen LogP) is 5.32. The summed E-state index contributed by atoms with van der Waals surface area (Å²) < 4.78 is 1.90. The van der Waals surface area contributed by atoms with Gasteiger partial charge in [-0.2, -0.15) is 4.98 Å². The molecule has 0 radical (unpaired) electrons. The second kappa shape index (κ2) is 16.9. The van der Waals surface area contributed by atoms with Crippen LogP contribution < -0.4 is 16.4 Å². The summed E-state index contributed by atoms with van der Waals surface area (Å²) in [5.41, 5.74) is 11.2. The molecule has 2 aromatic carbocycles. The molecule has 6 N–H and O–H groups in total. The van der Waals surface area contributed by atoms with E-state index >= 15 is 0 Å². The number of hydrogen-bond donors (Lipinski definition) is 5. The van der Waals surface area contributed by atoms with Crippen LogP contribution in [-0.4, -0.2) is 68.1 Å². The molecule has 5 aromatic rings. The fourth-order valence-electron chi connectivity index (χ4n) is 6.09. The Morgan fingerprint density at radius 2 is 1.59 bits per heavy atom. The van der Waals surface area contributed by atoms with E-state index in [4.69, 9.17) is 22.3 Å². The van der Waals surface area contributed by atoms with E-state index < -0.39 is 18.2 Å². The Hall–Kier alpha value is -2.80. The molecule has 4 atom stereocenters. The van der Waals surface area contributed by atoms with E-state index in [0.717, 1.165) is 55.2 Å². The van der Waals surface area contributed by atoms with Crippen molar-refractivity contribution in [1.82, 2.24) is 30.2 Å². The highest BCUT2D eigenvalue weighted by atomic mass is 35.5. The molecule has 1 fully saturated rings. The molecule has 0 unspecified atom stereocenters. The molecule has 3 aromatic heterocycles. The van der Waals surface area contributed by atoms with Crippen molar-refractivity contribution in [1.29, 1.82) is 0 Å². The Bertz CT molecular complexity index is 1670. The average molecular weight is 705 g/mol. The van der Waals surface area contributed by atoms with E-state index in [1.807, 2.05) is 40.4 Å². The fourth-order valence-corrected chi connectivity index (χ4v) is 7.09. The molecule has 246 valence electrons. The third-order valence-electron chi connectivity index (χ3n) is 8.36. The number of thiazole rings is 1. The Balaban J connectivity index is 0.00000240. The molecule has 0 amide bonds. The van der Waals surface area contributed by atoms with Gasteiger partial charge in [-0.1, -0.05) is 60.7 Å². The highest BCUT2D eigenvalue weighted by molar-refractivity contribution is 7.13. The number of nitrogen functional groups attached to an aromatic ring is 1. The largest absolute Gasteiger partial charge is 0.390 e. The van der Waals surface area contributed by atoms with Gasteiger partial charge in [0.2, 0.25) is 5.28 Å². The Labute approximate surface area is 290 Å². The number of nitrogens with one attached hydrogen (secondary N) is 2. The van der Waals surface area contributed by atoms with Crippen LogP contribution in [0.3, 0.4) is 0 Å². The van der Waals surface area contributed by atoms with Crippen LogP contribution in [0.25, 0.3) is 21.6 Å². The summed E-state index contributed by atoms with van der Waals surface area (Å²) in [6, 6.07) is 20.3. The number of rotatable bonds is 13. The number of aromatic nitrogens is 4. The number of anilines is 1. The summed E-state index contributed by atoms with van der Waals surface area (Å²) >= 11 is 7.78. The van der Waals surface area contributed by atoms with E-state index in [2.05, 4.69) is 57.0 Å². The second-order valence-electron chi connectivity index (χ2n) is 11.4. The number of halogens is 3. The van der Waals surface area contributed by atoms with Gasteiger partial charge in [0.1, 0.15) is 22.6 Å². The summed E-state index contributed by atoms with van der Waals surface area (Å²) in [5.74, 6) is 0.145. The molecule has 1 aliphatic rings. The summed E-state index contributed by atoms with van der Waals surface area (Å²) in [4.78, 5) is 13.6. The highest BCUT2D eigenvalue weighted by Crippen LogP contribution is 2.42. The molecule has 0 bridgehead atoms. The van der Waals surface area contributed by atoms with Crippen molar-refractivity contribution in [2.45, 2.75) is 43.9 Å².